The second-order valence-electron chi connectivity index (χ2n) is 16.7. The minimum Gasteiger partial charge on any atom is -0.372 e. The Morgan fingerprint density at radius 1 is 0.617 bits per heavy atom. The summed E-state index contributed by atoms with van der Waals surface area (Å²) in [6.07, 6.45) is 17.3. The van der Waals surface area contributed by atoms with Gasteiger partial charge in [-0.15, -0.1) is 82.2 Å². The average molecular weight is 1260 g/mol. The van der Waals surface area contributed by atoms with Crippen molar-refractivity contribution in [2.24, 2.45) is 0 Å². The summed E-state index contributed by atoms with van der Waals surface area (Å²) in [5, 5.41) is 24.3. The largest absolute Gasteiger partial charge is 0.372 e. The van der Waals surface area contributed by atoms with Gasteiger partial charge in [0.2, 0.25) is 0 Å². The fourth-order valence-corrected chi connectivity index (χ4v) is 14.1. The van der Waals surface area contributed by atoms with Gasteiger partial charge in [0.25, 0.3) is 0 Å². The maximum atomic E-state index is 11.6. The van der Waals surface area contributed by atoms with Gasteiger partial charge >= 0.3 is 0 Å². The lowest BCUT2D eigenvalue weighted by Crippen LogP contribution is -2.13. The molecule has 0 spiro atoms. The van der Waals surface area contributed by atoms with Crippen LogP contribution in [0.2, 0.25) is 0 Å². The Morgan fingerprint density at radius 3 is 1.64 bits per heavy atom. The van der Waals surface area contributed by atoms with Gasteiger partial charge in [-0.25, -0.2) is 8.42 Å². The summed E-state index contributed by atoms with van der Waals surface area (Å²) in [6, 6.07) is 21.8. The van der Waals surface area contributed by atoms with Gasteiger partial charge in [-0.1, -0.05) is 127 Å². The fourth-order valence-electron chi connectivity index (χ4n) is 5.69. The molecule has 9 aromatic rings. The van der Waals surface area contributed by atoms with Gasteiger partial charge in [0.15, 0.2) is 9.84 Å². The van der Waals surface area contributed by atoms with Crippen molar-refractivity contribution in [2.45, 2.75) is 69.9 Å². The van der Waals surface area contributed by atoms with Gasteiger partial charge < -0.3 is 4.74 Å². The SMILES string of the molecule is C=C(C)c1cscc1C(C)C.C=C=Cc1cccs1.C=CC(C)S(=O)(=O)c1cccs1.C=CCOCc1cccs1.C=CCc1ccsc1.C=Cc1ccc(C=C)s1.C=Cc1ccsc1.C=Cc1ccsc1C.C=Cc1cscc1C. The molecule has 3 nitrogen and oxygen atoms in total. The molecule has 9 aromatic heterocycles. The van der Waals surface area contributed by atoms with Crippen LogP contribution in [0.4, 0.5) is 0 Å². The van der Waals surface area contributed by atoms with Crippen LogP contribution in [0.15, 0.2) is 225 Å². The highest BCUT2D eigenvalue weighted by atomic mass is 32.2. The van der Waals surface area contributed by atoms with Crippen molar-refractivity contribution >= 4 is 154 Å². The third-order valence-electron chi connectivity index (χ3n) is 10.2. The minimum absolute atomic E-state index is 0.412. The van der Waals surface area contributed by atoms with Crippen LogP contribution in [-0.2, 0) is 27.6 Å². The summed E-state index contributed by atoms with van der Waals surface area (Å²) in [6.45, 7) is 50.0. The molecule has 0 aliphatic carbocycles. The van der Waals surface area contributed by atoms with Crippen LogP contribution in [0, 0.1) is 13.8 Å². The topological polar surface area (TPSA) is 43.4 Å². The first-order valence-electron chi connectivity index (χ1n) is 25.1. The second-order valence-corrected chi connectivity index (χ2v) is 27.5. The molecule has 0 saturated heterocycles. The quantitative estimate of drug-likeness (QED) is 0.0518. The number of rotatable bonds is 17. The van der Waals surface area contributed by atoms with E-state index in [0.717, 1.165) is 6.42 Å². The van der Waals surface area contributed by atoms with E-state index in [0.29, 0.717) is 23.3 Å². The van der Waals surface area contributed by atoms with E-state index in [4.69, 9.17) is 4.74 Å². The molecule has 0 saturated carbocycles. The van der Waals surface area contributed by atoms with Crippen LogP contribution in [-0.4, -0.2) is 20.3 Å². The zero-order valence-corrected chi connectivity index (χ0v) is 55.8. The monoisotopic (exact) mass is 1260 g/mol. The summed E-state index contributed by atoms with van der Waals surface area (Å²) in [4.78, 5) is 6.22. The van der Waals surface area contributed by atoms with E-state index in [9.17, 15) is 8.42 Å². The number of thiophene rings is 9. The number of aryl methyl sites for hydroxylation is 2. The Hall–Kier alpha value is -5.61. The Bertz CT molecular complexity index is 3180. The van der Waals surface area contributed by atoms with Gasteiger partial charge in [-0.05, 0) is 204 Å². The summed E-state index contributed by atoms with van der Waals surface area (Å²) in [5.74, 6) is 0.618. The van der Waals surface area contributed by atoms with E-state index in [1.54, 1.807) is 121 Å². The van der Waals surface area contributed by atoms with Crippen molar-refractivity contribution in [3.05, 3.63) is 284 Å². The van der Waals surface area contributed by atoms with Gasteiger partial charge in [0, 0.05) is 24.4 Å². The predicted molar refractivity (Wildman–Crippen MR) is 382 cm³/mol. The Labute approximate surface area is 523 Å². The van der Waals surface area contributed by atoms with E-state index < -0.39 is 15.1 Å². The first-order valence-corrected chi connectivity index (χ1v) is 34.8. The number of sulfone groups is 1. The zero-order chi connectivity index (χ0) is 60.3. The van der Waals surface area contributed by atoms with Crippen molar-refractivity contribution in [1.82, 2.24) is 0 Å². The van der Waals surface area contributed by atoms with Crippen molar-refractivity contribution in [1.29, 1.82) is 0 Å². The lowest BCUT2D eigenvalue weighted by Gasteiger charge is -2.05. The van der Waals surface area contributed by atoms with Crippen molar-refractivity contribution < 1.29 is 13.2 Å². The summed E-state index contributed by atoms with van der Waals surface area (Å²) < 4.78 is 28.8. The average Bonchev–Trinajstić information content (AvgIpc) is 4.35. The Kier molecular flexibility index (Phi) is 40.8. The standard InChI is InChI=1S/C10H14S.C8H10O2S2.C8H10OS.C8H8S.2C7H8S.C7H6S.C7H8S.C6H6S/c1-7(2)9-5-11-6-10(9)8(3)4;1-3-7(2)12(9,10)8-5-4-6-11-8;1-2-5-9-7-8-4-3-6-10-8;1-3-7-5-6-8(4-2)9-7;1-3-7-5-8-4-6(7)2;1-3-7-4-5-8-6(7)2;1-2-4-7-5-3-6-8-7;1-2-3-7-4-5-8-6-7;1-2-6-3-4-7-5-6/h5-6,8H,1H2,2-4H3;3-7H,1H2,2H3;2-4,6H,1,5,7H2;3-6H,1-2H2;2*3-5H,1H2,2H3;3-6H,1H2;2,4-6H,1,3H2;2-5H,1H2. The van der Waals surface area contributed by atoms with Gasteiger partial charge in [-0.2, -0.15) is 45.3 Å². The number of allylic oxidation sites excluding steroid dienone is 2. The van der Waals surface area contributed by atoms with Crippen LogP contribution in [0.3, 0.4) is 0 Å². The third-order valence-corrected chi connectivity index (χ3v) is 20.4. The third kappa shape index (κ3) is 31.4. The summed E-state index contributed by atoms with van der Waals surface area (Å²) in [7, 11) is -3.15. The van der Waals surface area contributed by atoms with Crippen LogP contribution in [0.1, 0.15) is 96.9 Å². The van der Waals surface area contributed by atoms with E-state index in [1.807, 2.05) is 95.1 Å². The van der Waals surface area contributed by atoms with Gasteiger partial charge in [0.05, 0.1) is 18.5 Å². The van der Waals surface area contributed by atoms with Gasteiger partial charge in [0.1, 0.15) is 4.21 Å². The molecule has 428 valence electrons. The maximum absolute atomic E-state index is 11.6. The first-order chi connectivity index (χ1) is 39.0. The van der Waals surface area contributed by atoms with Crippen molar-refractivity contribution in [2.75, 3.05) is 6.61 Å². The molecule has 81 heavy (non-hydrogen) atoms. The molecule has 0 fully saturated rings. The Balaban J connectivity index is 0.000000458. The lowest BCUT2D eigenvalue weighted by atomic mass is 9.99. The molecule has 1 unspecified atom stereocenters. The molecule has 9 rings (SSSR count). The highest BCUT2D eigenvalue weighted by Gasteiger charge is 2.21. The van der Waals surface area contributed by atoms with E-state index in [-0.39, 0.29) is 0 Å². The fraction of sp³-hybridized carbons (Fsp3) is 0.162. The predicted octanol–water partition coefficient (Wildman–Crippen LogP) is 24.3. The van der Waals surface area contributed by atoms with Crippen molar-refractivity contribution in [3.8, 4) is 0 Å². The smallest absolute Gasteiger partial charge is 0.193 e. The Morgan fingerprint density at radius 2 is 1.26 bits per heavy atom. The number of hydrogen-bond acceptors (Lipinski definition) is 12. The van der Waals surface area contributed by atoms with Gasteiger partial charge in [-0.3, -0.25) is 0 Å². The summed E-state index contributed by atoms with van der Waals surface area (Å²) in [5.41, 5.74) is 13.1. The van der Waals surface area contributed by atoms with E-state index in [2.05, 4.69) is 167 Å². The highest BCUT2D eigenvalue weighted by Crippen LogP contribution is 2.28. The molecule has 0 aliphatic heterocycles. The van der Waals surface area contributed by atoms with Crippen LogP contribution in [0.5, 0.6) is 0 Å². The minimum atomic E-state index is -3.15. The van der Waals surface area contributed by atoms with Crippen LogP contribution < -0.4 is 0 Å². The molecule has 9 heterocycles. The normalized spacial score (nSPS) is 9.91. The molecule has 0 bridgehead atoms. The molecule has 1 atom stereocenters. The van der Waals surface area contributed by atoms with Crippen LogP contribution in [0.25, 0.3) is 42.0 Å². The van der Waals surface area contributed by atoms with E-state index in [1.165, 1.54) is 86.3 Å². The highest BCUT2D eigenvalue weighted by molar-refractivity contribution is 7.94. The molecule has 0 aromatic carbocycles. The zero-order valence-electron chi connectivity index (χ0n) is 47.6. The van der Waals surface area contributed by atoms with Crippen molar-refractivity contribution in [3.63, 3.8) is 0 Å². The van der Waals surface area contributed by atoms with E-state index >= 15 is 0 Å². The molecule has 13 heteroatoms. The number of ether oxygens (including phenoxy) is 1. The van der Waals surface area contributed by atoms with Crippen LogP contribution >= 0.6 is 102 Å². The molecule has 0 radical (unpaired) electrons. The molecular formula is C68H78O3S10. The first kappa shape index (κ1) is 73.4. The maximum Gasteiger partial charge on any atom is 0.193 e. The molecule has 0 amide bonds. The second kappa shape index (κ2) is 45.0. The lowest BCUT2D eigenvalue weighted by molar-refractivity contribution is 0.151. The number of hydrogen-bond donors (Lipinski definition) is 0. The molecule has 0 aliphatic rings. The molecule has 0 N–H and O–H groups in total. The summed E-state index contributed by atoms with van der Waals surface area (Å²) >= 11 is 15.0. The molecular weight excluding hydrogens is 1190 g/mol.